The van der Waals surface area contributed by atoms with Crippen molar-refractivity contribution >= 4 is 22.0 Å². The molecular weight excluding hydrogens is 197 g/mol. The molecule has 68 valence electrons. The van der Waals surface area contributed by atoms with Crippen LogP contribution >= 0.6 is 0 Å². The van der Waals surface area contributed by atoms with Gasteiger partial charge in [0.15, 0.2) is 0 Å². The fourth-order valence-corrected chi connectivity index (χ4v) is 1.41. The van der Waals surface area contributed by atoms with E-state index >= 15 is 0 Å². The third-order valence-electron chi connectivity index (χ3n) is 1.29. The number of hydrogen-bond acceptors (Lipinski definition) is 4. The molecule has 1 aromatic rings. The minimum atomic E-state index is -4.83. The minimum absolute atomic E-state index is 0.250. The third kappa shape index (κ3) is 2.21. The zero-order chi connectivity index (χ0) is 9.90. The summed E-state index contributed by atoms with van der Waals surface area (Å²) in [5, 5.41) is 0. The van der Waals surface area contributed by atoms with Gasteiger partial charge in [-0.25, -0.2) is 4.79 Å². The Labute approximate surface area is 73.9 Å². The maximum Gasteiger partial charge on any atom is 0.334 e. The molecule has 13 heavy (non-hydrogen) atoms. The van der Waals surface area contributed by atoms with E-state index in [4.69, 9.17) is 0 Å². The zero-order valence-corrected chi connectivity index (χ0v) is 7.08. The van der Waals surface area contributed by atoms with Crippen LogP contribution in [0.4, 0.5) is 9.57 Å². The monoisotopic (exact) mass is 201 g/mol. The molecule has 0 N–H and O–H groups in total. The van der Waals surface area contributed by atoms with Crippen molar-refractivity contribution in [1.82, 2.24) is 0 Å². The van der Waals surface area contributed by atoms with Gasteiger partial charge in [0, 0.05) is 0 Å². The van der Waals surface area contributed by atoms with Crippen LogP contribution in [0.1, 0.15) is 0 Å². The Kier molecular flexibility index (Phi) is 2.55. The Morgan fingerprint density at radius 2 is 1.92 bits per heavy atom. The predicted octanol–water partition coefficient (Wildman–Crippen LogP) is 1.31. The molecule has 4 nitrogen and oxygen atoms in total. The molecule has 0 aliphatic carbocycles. The van der Waals surface area contributed by atoms with Crippen molar-refractivity contribution < 1.29 is 17.1 Å². The van der Waals surface area contributed by atoms with Gasteiger partial charge in [0.25, 0.3) is 0 Å². The first kappa shape index (κ1) is 9.57. The van der Waals surface area contributed by atoms with E-state index in [-0.39, 0.29) is 5.69 Å². The lowest BCUT2D eigenvalue weighted by molar-refractivity contribution is 0.552. The fraction of sp³-hybridized carbons (Fsp3) is 0. The van der Waals surface area contributed by atoms with Crippen LogP contribution in [0.25, 0.3) is 0 Å². The van der Waals surface area contributed by atoms with Crippen molar-refractivity contribution in [2.75, 3.05) is 0 Å². The summed E-state index contributed by atoms with van der Waals surface area (Å²) in [4.78, 5) is 12.3. The average molecular weight is 201 g/mol. The molecule has 0 radical (unpaired) electrons. The second-order valence-electron chi connectivity index (χ2n) is 2.11. The van der Waals surface area contributed by atoms with Crippen molar-refractivity contribution in [1.29, 1.82) is 0 Å². The summed E-state index contributed by atoms with van der Waals surface area (Å²) >= 11 is 0. The summed E-state index contributed by atoms with van der Waals surface area (Å²) in [6, 6.07) is 4.99. The molecule has 0 fully saturated rings. The number of hydrogen-bond donors (Lipinski definition) is 0. The summed E-state index contributed by atoms with van der Waals surface area (Å²) in [5.74, 6) is 0. The highest BCUT2D eigenvalue weighted by Gasteiger charge is 2.15. The Bertz CT molecular complexity index is 462. The Morgan fingerprint density at radius 1 is 1.31 bits per heavy atom. The maximum absolute atomic E-state index is 12.5. The molecule has 0 spiro atoms. The number of benzene rings is 1. The molecule has 1 rings (SSSR count). The Morgan fingerprint density at radius 3 is 2.46 bits per heavy atom. The van der Waals surface area contributed by atoms with Crippen LogP contribution in [0, 0.1) is 0 Å². The standard InChI is InChI=1S/C7H4FNO3S/c8-13(11,12)7-4-2-1-3-6(7)9-5-10/h1-4H. The van der Waals surface area contributed by atoms with Gasteiger partial charge in [-0.3, -0.25) is 0 Å². The van der Waals surface area contributed by atoms with Gasteiger partial charge in [0.05, 0.1) is 5.69 Å². The van der Waals surface area contributed by atoms with Gasteiger partial charge in [-0.1, -0.05) is 12.1 Å². The van der Waals surface area contributed by atoms with E-state index in [1.165, 1.54) is 18.2 Å². The van der Waals surface area contributed by atoms with Crippen LogP contribution in [0.2, 0.25) is 0 Å². The highest BCUT2D eigenvalue weighted by atomic mass is 32.3. The lowest BCUT2D eigenvalue weighted by Crippen LogP contribution is -1.91. The number of nitrogens with zero attached hydrogens (tertiary/aromatic N) is 1. The van der Waals surface area contributed by atoms with Crippen LogP contribution in [-0.2, 0) is 15.0 Å². The highest BCUT2D eigenvalue weighted by molar-refractivity contribution is 7.86. The molecule has 0 atom stereocenters. The number of aliphatic imine (C=N–C) groups is 1. The first-order valence-corrected chi connectivity index (χ1v) is 4.55. The van der Waals surface area contributed by atoms with Crippen molar-refractivity contribution in [3.63, 3.8) is 0 Å². The number of para-hydroxylation sites is 1. The van der Waals surface area contributed by atoms with E-state index in [1.807, 2.05) is 0 Å². The average Bonchev–Trinajstić information content (AvgIpc) is 2.04. The van der Waals surface area contributed by atoms with Crippen LogP contribution < -0.4 is 0 Å². The highest BCUT2D eigenvalue weighted by Crippen LogP contribution is 2.24. The summed E-state index contributed by atoms with van der Waals surface area (Å²) in [5.41, 5.74) is -0.250. The van der Waals surface area contributed by atoms with Crippen molar-refractivity contribution in [2.45, 2.75) is 4.90 Å². The second kappa shape index (κ2) is 3.47. The van der Waals surface area contributed by atoms with Crippen LogP contribution in [-0.4, -0.2) is 14.5 Å². The van der Waals surface area contributed by atoms with Gasteiger partial charge in [-0.2, -0.15) is 13.4 Å². The molecule has 0 saturated heterocycles. The van der Waals surface area contributed by atoms with E-state index in [0.717, 1.165) is 12.1 Å². The van der Waals surface area contributed by atoms with Gasteiger partial charge < -0.3 is 0 Å². The fourth-order valence-electron chi connectivity index (χ4n) is 0.805. The van der Waals surface area contributed by atoms with E-state index in [1.54, 1.807) is 0 Å². The first-order valence-electron chi connectivity index (χ1n) is 3.17. The van der Waals surface area contributed by atoms with Crippen molar-refractivity contribution in [3.05, 3.63) is 24.3 Å². The molecule has 0 amide bonds. The molecule has 0 unspecified atom stereocenters. The normalized spacial score (nSPS) is 10.5. The molecule has 0 aromatic heterocycles. The van der Waals surface area contributed by atoms with E-state index in [2.05, 4.69) is 4.99 Å². The predicted molar refractivity (Wildman–Crippen MR) is 42.5 cm³/mol. The van der Waals surface area contributed by atoms with Gasteiger partial charge in [0.1, 0.15) is 4.90 Å². The second-order valence-corrected chi connectivity index (χ2v) is 3.42. The molecule has 0 bridgehead atoms. The molecule has 0 aliphatic rings. The zero-order valence-electron chi connectivity index (χ0n) is 6.27. The van der Waals surface area contributed by atoms with E-state index < -0.39 is 15.1 Å². The van der Waals surface area contributed by atoms with Crippen LogP contribution in [0.15, 0.2) is 34.2 Å². The topological polar surface area (TPSA) is 63.6 Å². The van der Waals surface area contributed by atoms with Gasteiger partial charge >= 0.3 is 10.2 Å². The number of halogens is 1. The van der Waals surface area contributed by atoms with Gasteiger partial charge in [-0.15, -0.1) is 3.89 Å². The van der Waals surface area contributed by atoms with Crippen LogP contribution in [0.5, 0.6) is 0 Å². The smallest absolute Gasteiger partial charge is 0.211 e. The SMILES string of the molecule is O=C=Nc1ccccc1S(=O)(=O)F. The van der Waals surface area contributed by atoms with E-state index in [9.17, 15) is 17.1 Å². The molecule has 0 heterocycles. The first-order chi connectivity index (χ1) is 6.05. The number of rotatable bonds is 2. The Balaban J connectivity index is 3.45. The minimum Gasteiger partial charge on any atom is -0.211 e. The lowest BCUT2D eigenvalue weighted by atomic mass is 10.3. The summed E-state index contributed by atoms with van der Waals surface area (Å²) in [7, 11) is -4.83. The van der Waals surface area contributed by atoms with Gasteiger partial charge in [0.2, 0.25) is 6.08 Å². The Hall–Kier alpha value is -1.52. The summed E-state index contributed by atoms with van der Waals surface area (Å²) < 4.78 is 33.4. The molecule has 0 aliphatic heterocycles. The summed E-state index contributed by atoms with van der Waals surface area (Å²) in [6.07, 6.45) is 1.14. The van der Waals surface area contributed by atoms with Gasteiger partial charge in [-0.05, 0) is 12.1 Å². The van der Waals surface area contributed by atoms with Crippen molar-refractivity contribution in [3.8, 4) is 0 Å². The number of carbonyl (C=O) groups excluding carboxylic acids is 1. The lowest BCUT2D eigenvalue weighted by Gasteiger charge is -1.96. The molecule has 6 heteroatoms. The van der Waals surface area contributed by atoms with Crippen LogP contribution in [0.3, 0.4) is 0 Å². The molecule has 1 aromatic carbocycles. The molecular formula is C7H4FNO3S. The van der Waals surface area contributed by atoms with E-state index in [0.29, 0.717) is 0 Å². The molecule has 0 saturated carbocycles. The third-order valence-corrected chi connectivity index (χ3v) is 2.16. The quantitative estimate of drug-likeness (QED) is 0.411. The van der Waals surface area contributed by atoms with Crippen molar-refractivity contribution in [2.24, 2.45) is 4.99 Å². The largest absolute Gasteiger partial charge is 0.334 e. The maximum atomic E-state index is 12.5. The number of isocyanates is 1. The summed E-state index contributed by atoms with van der Waals surface area (Å²) in [6.45, 7) is 0.